The van der Waals surface area contributed by atoms with Crippen LogP contribution in [-0.2, 0) is 0 Å². The van der Waals surface area contributed by atoms with E-state index in [0.717, 1.165) is 24.1 Å². The normalized spacial score (nSPS) is 14.2. The molecule has 0 saturated heterocycles. The Bertz CT molecular complexity index is 1130. The number of hydrogen-bond donors (Lipinski definition) is 2. The molecule has 1 aliphatic carbocycles. The lowest BCUT2D eigenvalue weighted by Crippen LogP contribution is -2.36. The van der Waals surface area contributed by atoms with Crippen LogP contribution in [0.1, 0.15) is 58.4 Å². The molecule has 2 N–H and O–H groups in total. The van der Waals surface area contributed by atoms with Crippen LogP contribution in [0.4, 0.5) is 11.4 Å². The second kappa shape index (κ2) is 11.0. The molecule has 1 aliphatic rings. The molecule has 1 amide bonds. The quantitative estimate of drug-likeness (QED) is 0.295. The Morgan fingerprint density at radius 1 is 0.879 bits per heavy atom. The van der Waals surface area contributed by atoms with Crippen LogP contribution in [0.5, 0.6) is 0 Å². The first-order valence-corrected chi connectivity index (χ1v) is 11.7. The number of para-hydroxylation sites is 1. The van der Waals surface area contributed by atoms with Crippen molar-refractivity contribution in [2.75, 3.05) is 5.32 Å². The second-order valence-electron chi connectivity index (χ2n) is 8.31. The summed E-state index contributed by atoms with van der Waals surface area (Å²) in [4.78, 5) is 25.4. The Kier molecular flexibility index (Phi) is 7.59. The molecule has 0 bridgehead atoms. The summed E-state index contributed by atoms with van der Waals surface area (Å²) in [5, 5.41) is 6.94. The number of nitrogens with one attached hydrogen (secondary N) is 2. The lowest BCUT2D eigenvalue weighted by molar-refractivity contribution is 0.0927. The number of anilines is 2. The van der Waals surface area contributed by atoms with Crippen LogP contribution < -0.4 is 10.6 Å². The number of ketones is 1. The zero-order chi connectivity index (χ0) is 23.0. The summed E-state index contributed by atoms with van der Waals surface area (Å²) in [7, 11) is 0. The zero-order valence-corrected chi connectivity index (χ0v) is 19.1. The van der Waals surface area contributed by atoms with Gasteiger partial charge in [-0.3, -0.25) is 9.59 Å². The van der Waals surface area contributed by atoms with Gasteiger partial charge in [0, 0.05) is 27.9 Å². The van der Waals surface area contributed by atoms with Crippen LogP contribution in [0.25, 0.3) is 6.08 Å². The third-order valence-electron chi connectivity index (χ3n) is 5.84. The van der Waals surface area contributed by atoms with E-state index in [1.54, 1.807) is 36.4 Å². The van der Waals surface area contributed by atoms with Gasteiger partial charge in [0.25, 0.3) is 5.91 Å². The molecule has 0 spiro atoms. The van der Waals surface area contributed by atoms with Crippen LogP contribution in [0, 0.1) is 0 Å². The van der Waals surface area contributed by atoms with Crippen LogP contribution >= 0.6 is 11.6 Å². The van der Waals surface area contributed by atoms with Crippen LogP contribution in [0.2, 0.25) is 5.02 Å². The van der Waals surface area contributed by atoms with Gasteiger partial charge in [-0.1, -0.05) is 67.3 Å². The third kappa shape index (κ3) is 6.33. The second-order valence-corrected chi connectivity index (χ2v) is 8.75. The number of rotatable bonds is 7. The van der Waals surface area contributed by atoms with E-state index in [-0.39, 0.29) is 17.7 Å². The topological polar surface area (TPSA) is 58.2 Å². The van der Waals surface area contributed by atoms with Crippen LogP contribution in [0.3, 0.4) is 0 Å². The van der Waals surface area contributed by atoms with Gasteiger partial charge in [0.2, 0.25) is 0 Å². The summed E-state index contributed by atoms with van der Waals surface area (Å²) in [6.45, 7) is 0. The first-order chi connectivity index (χ1) is 16.1. The van der Waals surface area contributed by atoms with Gasteiger partial charge < -0.3 is 10.6 Å². The number of carbonyl (C=O) groups is 2. The minimum atomic E-state index is -0.135. The van der Waals surface area contributed by atoms with E-state index in [2.05, 4.69) is 10.6 Å². The van der Waals surface area contributed by atoms with Crippen molar-refractivity contribution in [3.63, 3.8) is 0 Å². The Labute approximate surface area is 199 Å². The van der Waals surface area contributed by atoms with E-state index in [4.69, 9.17) is 11.6 Å². The average molecular weight is 459 g/mol. The summed E-state index contributed by atoms with van der Waals surface area (Å²) < 4.78 is 0. The smallest absolute Gasteiger partial charge is 0.251 e. The van der Waals surface area contributed by atoms with Crippen LogP contribution in [-0.4, -0.2) is 17.7 Å². The maximum absolute atomic E-state index is 12.9. The van der Waals surface area contributed by atoms with Gasteiger partial charge >= 0.3 is 0 Å². The molecule has 33 heavy (non-hydrogen) atoms. The van der Waals surface area contributed by atoms with Crippen LogP contribution in [0.15, 0.2) is 78.9 Å². The molecular formula is C28H27ClN2O2. The van der Waals surface area contributed by atoms with Crippen molar-refractivity contribution in [3.05, 3.63) is 101 Å². The highest BCUT2D eigenvalue weighted by atomic mass is 35.5. The fourth-order valence-corrected chi connectivity index (χ4v) is 4.21. The summed E-state index contributed by atoms with van der Waals surface area (Å²) in [5.41, 5.74) is 3.54. The highest BCUT2D eigenvalue weighted by Gasteiger charge is 2.16. The highest BCUT2D eigenvalue weighted by molar-refractivity contribution is 6.31. The summed E-state index contributed by atoms with van der Waals surface area (Å²) in [6, 6.07) is 22.4. The minimum absolute atomic E-state index is 0.0358. The molecule has 0 aliphatic heterocycles. The Balaban J connectivity index is 1.42. The van der Waals surface area contributed by atoms with Gasteiger partial charge in [0.15, 0.2) is 5.78 Å². The molecule has 3 aromatic carbocycles. The molecule has 4 nitrogen and oxygen atoms in total. The first-order valence-electron chi connectivity index (χ1n) is 11.3. The molecule has 0 aromatic heterocycles. The van der Waals surface area contributed by atoms with Crippen molar-refractivity contribution in [1.82, 2.24) is 5.32 Å². The predicted octanol–water partition coefficient (Wildman–Crippen LogP) is 7.04. The Hall–Kier alpha value is -3.37. The van der Waals surface area contributed by atoms with Crippen molar-refractivity contribution in [3.8, 4) is 0 Å². The highest BCUT2D eigenvalue weighted by Crippen LogP contribution is 2.26. The largest absolute Gasteiger partial charge is 0.355 e. The summed E-state index contributed by atoms with van der Waals surface area (Å²) >= 11 is 6.16. The molecule has 0 atom stereocenters. The van der Waals surface area contributed by atoms with Gasteiger partial charge in [-0.05, 0) is 66.9 Å². The monoisotopic (exact) mass is 458 g/mol. The molecule has 4 rings (SSSR count). The number of benzene rings is 3. The number of hydrogen-bond acceptors (Lipinski definition) is 3. The van der Waals surface area contributed by atoms with Crippen molar-refractivity contribution in [2.24, 2.45) is 0 Å². The fraction of sp³-hybridized carbons (Fsp3) is 0.214. The van der Waals surface area contributed by atoms with E-state index in [0.29, 0.717) is 21.8 Å². The summed E-state index contributed by atoms with van der Waals surface area (Å²) in [6.07, 6.45) is 9.02. The molecular weight excluding hydrogens is 432 g/mol. The molecule has 0 unspecified atom stereocenters. The first kappa shape index (κ1) is 22.8. The number of amides is 1. The number of carbonyl (C=O) groups excluding carboxylic acids is 2. The van der Waals surface area contributed by atoms with E-state index in [1.165, 1.54) is 25.3 Å². The maximum Gasteiger partial charge on any atom is 0.251 e. The van der Waals surface area contributed by atoms with Crippen molar-refractivity contribution in [2.45, 2.75) is 38.1 Å². The predicted molar refractivity (Wildman–Crippen MR) is 135 cm³/mol. The van der Waals surface area contributed by atoms with E-state index < -0.39 is 0 Å². The molecule has 3 aromatic rings. The van der Waals surface area contributed by atoms with E-state index >= 15 is 0 Å². The van der Waals surface area contributed by atoms with Gasteiger partial charge in [0.1, 0.15) is 0 Å². The lowest BCUT2D eigenvalue weighted by atomic mass is 9.95. The average Bonchev–Trinajstić information content (AvgIpc) is 2.84. The van der Waals surface area contributed by atoms with Crippen molar-refractivity contribution >= 4 is 40.7 Å². The maximum atomic E-state index is 12.9. The Morgan fingerprint density at radius 2 is 1.61 bits per heavy atom. The van der Waals surface area contributed by atoms with Crippen molar-refractivity contribution in [1.29, 1.82) is 0 Å². The lowest BCUT2D eigenvalue weighted by Gasteiger charge is -2.22. The zero-order valence-electron chi connectivity index (χ0n) is 18.4. The fourth-order valence-electron chi connectivity index (χ4n) is 4.03. The standard InChI is InChI=1S/C28H27ClN2O2/c29-22-16-17-25(26(19-22)30-23-7-3-1-4-8-23)27(32)18-13-20-11-14-21(15-12-20)28(33)31-24-9-5-2-6-10-24/h1,3-4,7-8,11-19,24,30H,2,5-6,9-10H2,(H,31,33)/b18-13+. The van der Waals surface area contributed by atoms with E-state index in [9.17, 15) is 9.59 Å². The van der Waals surface area contributed by atoms with Gasteiger partial charge in [-0.15, -0.1) is 0 Å². The molecule has 0 heterocycles. The molecule has 1 fully saturated rings. The summed E-state index contributed by atoms with van der Waals surface area (Å²) in [5.74, 6) is -0.171. The third-order valence-corrected chi connectivity index (χ3v) is 6.08. The van der Waals surface area contributed by atoms with Crippen molar-refractivity contribution < 1.29 is 9.59 Å². The Morgan fingerprint density at radius 3 is 2.33 bits per heavy atom. The van der Waals surface area contributed by atoms with Gasteiger partial charge in [0.05, 0.1) is 5.69 Å². The number of allylic oxidation sites excluding steroid dienone is 1. The SMILES string of the molecule is O=C(NC1CCCCC1)c1ccc(/C=C/C(=O)c2ccc(Cl)cc2Nc2ccccc2)cc1. The number of halogens is 1. The molecule has 5 heteroatoms. The van der Waals surface area contributed by atoms with E-state index in [1.807, 2.05) is 42.5 Å². The van der Waals surface area contributed by atoms with Gasteiger partial charge in [-0.2, -0.15) is 0 Å². The molecule has 0 radical (unpaired) electrons. The van der Waals surface area contributed by atoms with Gasteiger partial charge in [-0.25, -0.2) is 0 Å². The minimum Gasteiger partial charge on any atom is -0.355 e. The molecule has 168 valence electrons. The molecule has 1 saturated carbocycles.